The molecule has 0 spiro atoms. The lowest BCUT2D eigenvalue weighted by atomic mass is 9.96. The average molecular weight is 513 g/mol. The quantitative estimate of drug-likeness (QED) is 0.322. The molecule has 4 aromatic rings. The van der Waals surface area contributed by atoms with Crippen LogP contribution < -0.4 is 10.1 Å². The molecule has 1 saturated heterocycles. The van der Waals surface area contributed by atoms with Gasteiger partial charge in [-0.05, 0) is 85.7 Å². The van der Waals surface area contributed by atoms with Crippen molar-refractivity contribution in [3.63, 3.8) is 0 Å². The lowest BCUT2D eigenvalue weighted by molar-refractivity contribution is 0.0697. The van der Waals surface area contributed by atoms with Gasteiger partial charge in [0, 0.05) is 29.8 Å². The number of thiocarbonyl (C=S) groups is 1. The van der Waals surface area contributed by atoms with Crippen molar-refractivity contribution in [2.45, 2.75) is 32.5 Å². The zero-order valence-electron chi connectivity index (χ0n) is 20.9. The van der Waals surface area contributed by atoms with Crippen LogP contribution in [0.1, 0.15) is 50.7 Å². The number of carboxylic acid groups (broad SMARTS) is 1. The molecule has 3 heterocycles. The summed E-state index contributed by atoms with van der Waals surface area (Å²) >= 11 is 5.85. The Labute approximate surface area is 221 Å². The Balaban J connectivity index is 1.60. The lowest BCUT2D eigenvalue weighted by Crippen LogP contribution is -2.29. The van der Waals surface area contributed by atoms with Gasteiger partial charge in [-0.3, -0.25) is 4.98 Å². The highest BCUT2D eigenvalue weighted by atomic mass is 32.1. The van der Waals surface area contributed by atoms with Crippen LogP contribution in [0.25, 0.3) is 5.69 Å². The van der Waals surface area contributed by atoms with Gasteiger partial charge in [-0.1, -0.05) is 24.3 Å². The van der Waals surface area contributed by atoms with Crippen LogP contribution in [-0.2, 0) is 6.54 Å². The highest BCUT2D eigenvalue weighted by molar-refractivity contribution is 7.80. The van der Waals surface area contributed by atoms with E-state index < -0.39 is 5.97 Å². The number of hydrogen-bond donors (Lipinski definition) is 2. The second-order valence-corrected chi connectivity index (χ2v) is 9.51. The first-order valence-electron chi connectivity index (χ1n) is 12.0. The number of methoxy groups -OCH3 is 1. The Morgan fingerprint density at radius 1 is 1.08 bits per heavy atom. The minimum Gasteiger partial charge on any atom is -0.497 e. The molecule has 0 unspecified atom stereocenters. The molecule has 5 rings (SSSR count). The highest BCUT2D eigenvalue weighted by Crippen LogP contribution is 2.42. The minimum absolute atomic E-state index is 0.118. The van der Waals surface area contributed by atoms with Crippen LogP contribution >= 0.6 is 12.2 Å². The number of ether oxygens (including phenoxy) is 1. The molecule has 8 heteroatoms. The Kier molecular flexibility index (Phi) is 6.67. The molecular formula is C29H28N4O3S. The van der Waals surface area contributed by atoms with E-state index in [4.69, 9.17) is 17.0 Å². The van der Waals surface area contributed by atoms with Crippen LogP contribution in [-0.4, -0.2) is 37.7 Å². The Morgan fingerprint density at radius 2 is 1.86 bits per heavy atom. The fraction of sp³-hybridized carbons (Fsp3) is 0.207. The molecule has 1 aliphatic heterocycles. The third-order valence-corrected chi connectivity index (χ3v) is 7.20. The van der Waals surface area contributed by atoms with E-state index in [0.717, 1.165) is 39.6 Å². The molecule has 2 N–H and O–H groups in total. The van der Waals surface area contributed by atoms with Gasteiger partial charge < -0.3 is 24.6 Å². The van der Waals surface area contributed by atoms with Gasteiger partial charge in [-0.2, -0.15) is 0 Å². The van der Waals surface area contributed by atoms with Gasteiger partial charge >= 0.3 is 5.97 Å². The van der Waals surface area contributed by atoms with Crippen LogP contribution in [0.2, 0.25) is 0 Å². The van der Waals surface area contributed by atoms with E-state index in [1.165, 1.54) is 0 Å². The molecule has 2 atom stereocenters. The predicted octanol–water partition coefficient (Wildman–Crippen LogP) is 5.37. The minimum atomic E-state index is -0.948. The summed E-state index contributed by atoms with van der Waals surface area (Å²) in [7, 11) is 1.66. The third-order valence-electron chi connectivity index (χ3n) is 6.85. The summed E-state index contributed by atoms with van der Waals surface area (Å²) in [5.74, 6) is -0.142. The monoisotopic (exact) mass is 512 g/mol. The zero-order chi connectivity index (χ0) is 26.1. The number of aromatic nitrogens is 2. The van der Waals surface area contributed by atoms with E-state index in [1.807, 2.05) is 55.5 Å². The van der Waals surface area contributed by atoms with E-state index in [2.05, 4.69) is 32.8 Å². The van der Waals surface area contributed by atoms with Gasteiger partial charge in [0.1, 0.15) is 5.75 Å². The van der Waals surface area contributed by atoms with Crippen LogP contribution in [0, 0.1) is 13.8 Å². The van der Waals surface area contributed by atoms with E-state index in [0.29, 0.717) is 11.7 Å². The molecule has 7 nitrogen and oxygen atoms in total. The molecule has 1 fully saturated rings. The van der Waals surface area contributed by atoms with Gasteiger partial charge in [0.05, 0.1) is 30.5 Å². The highest BCUT2D eigenvalue weighted by Gasteiger charge is 2.41. The summed E-state index contributed by atoms with van der Waals surface area (Å²) in [5, 5.41) is 13.7. The molecular weight excluding hydrogens is 484 g/mol. The maximum atomic E-state index is 11.6. The number of carbonyl (C=O) groups is 1. The number of nitrogens with zero attached hydrogens (tertiary/aromatic N) is 3. The van der Waals surface area contributed by atoms with E-state index >= 15 is 0 Å². The van der Waals surface area contributed by atoms with Crippen molar-refractivity contribution in [3.8, 4) is 11.4 Å². The average Bonchev–Trinajstić information content (AvgIpc) is 3.39. The second-order valence-electron chi connectivity index (χ2n) is 9.12. The van der Waals surface area contributed by atoms with Crippen molar-refractivity contribution >= 4 is 23.3 Å². The Hall–Kier alpha value is -4.17. The predicted molar refractivity (Wildman–Crippen MR) is 146 cm³/mol. The Bertz CT molecular complexity index is 1450. The number of nitrogens with one attached hydrogen (secondary N) is 1. The molecule has 37 heavy (non-hydrogen) atoms. The van der Waals surface area contributed by atoms with Gasteiger partial charge in [0.2, 0.25) is 0 Å². The van der Waals surface area contributed by atoms with Crippen molar-refractivity contribution in [3.05, 3.63) is 113 Å². The number of aryl methyl sites for hydroxylation is 1. The summed E-state index contributed by atoms with van der Waals surface area (Å²) in [5.41, 5.74) is 6.22. The first-order chi connectivity index (χ1) is 17.9. The zero-order valence-corrected chi connectivity index (χ0v) is 21.7. The fourth-order valence-electron chi connectivity index (χ4n) is 5.10. The summed E-state index contributed by atoms with van der Waals surface area (Å²) < 4.78 is 7.42. The molecule has 0 amide bonds. The molecule has 188 valence electrons. The number of pyridine rings is 1. The Morgan fingerprint density at radius 3 is 2.54 bits per heavy atom. The SMILES string of the molecule is COc1ccc(CN2C(=S)N[C@H](c3ccccn3)[C@H]2c2cc(C)n(-c3cccc(C(=O)O)c3)c2C)cc1. The fourth-order valence-corrected chi connectivity index (χ4v) is 5.41. The molecule has 2 aromatic carbocycles. The normalized spacial score (nSPS) is 17.1. The summed E-state index contributed by atoms with van der Waals surface area (Å²) in [6.07, 6.45) is 1.80. The maximum absolute atomic E-state index is 11.6. The molecule has 0 radical (unpaired) electrons. The lowest BCUT2D eigenvalue weighted by Gasteiger charge is -2.28. The molecule has 2 aromatic heterocycles. The number of rotatable bonds is 7. The maximum Gasteiger partial charge on any atom is 0.335 e. The van der Waals surface area contributed by atoms with Crippen molar-refractivity contribution in [2.24, 2.45) is 0 Å². The van der Waals surface area contributed by atoms with Gasteiger partial charge in [0.15, 0.2) is 5.11 Å². The van der Waals surface area contributed by atoms with Crippen molar-refractivity contribution in [1.82, 2.24) is 19.8 Å². The van der Waals surface area contributed by atoms with Crippen molar-refractivity contribution < 1.29 is 14.6 Å². The van der Waals surface area contributed by atoms with Crippen molar-refractivity contribution in [2.75, 3.05) is 7.11 Å². The number of benzene rings is 2. The molecule has 0 bridgehead atoms. The number of aromatic carboxylic acids is 1. The summed E-state index contributed by atoms with van der Waals surface area (Å²) in [6, 6.07) is 22.8. The number of hydrogen-bond acceptors (Lipinski definition) is 4. The van der Waals surface area contributed by atoms with Crippen LogP contribution in [0.15, 0.2) is 79.0 Å². The molecule has 0 saturated carbocycles. The second kappa shape index (κ2) is 10.1. The molecule has 1 aliphatic rings. The van der Waals surface area contributed by atoms with Crippen molar-refractivity contribution in [1.29, 1.82) is 0 Å². The number of carboxylic acids is 1. The van der Waals surface area contributed by atoms with Crippen LogP contribution in [0.4, 0.5) is 0 Å². The summed E-state index contributed by atoms with van der Waals surface area (Å²) in [6.45, 7) is 4.72. The topological polar surface area (TPSA) is 79.6 Å². The van der Waals surface area contributed by atoms with E-state index in [1.54, 1.807) is 31.5 Å². The van der Waals surface area contributed by atoms with Crippen LogP contribution in [0.3, 0.4) is 0 Å². The van der Waals surface area contributed by atoms with Crippen LogP contribution in [0.5, 0.6) is 5.75 Å². The largest absolute Gasteiger partial charge is 0.497 e. The first kappa shape index (κ1) is 24.5. The van der Waals surface area contributed by atoms with Gasteiger partial charge in [0.25, 0.3) is 0 Å². The first-order valence-corrected chi connectivity index (χ1v) is 12.4. The smallest absolute Gasteiger partial charge is 0.335 e. The van der Waals surface area contributed by atoms with E-state index in [9.17, 15) is 9.90 Å². The standard InChI is InChI=1S/C29H28N4O3S/c1-18-15-24(19(2)33(18)22-8-6-7-21(16-22)28(34)35)27-26(25-9-4-5-14-30-25)31-29(37)32(27)17-20-10-12-23(36-3)13-11-20/h4-16,26-27H,17H2,1-3H3,(H,31,37)(H,34,35)/t26-,27-/m1/s1. The van der Waals surface area contributed by atoms with E-state index in [-0.39, 0.29) is 17.6 Å². The van der Waals surface area contributed by atoms with Gasteiger partial charge in [-0.15, -0.1) is 0 Å². The third kappa shape index (κ3) is 4.68. The van der Waals surface area contributed by atoms with Gasteiger partial charge in [-0.25, -0.2) is 4.79 Å². The summed E-state index contributed by atoms with van der Waals surface area (Å²) in [4.78, 5) is 18.5. The molecule has 0 aliphatic carbocycles.